The van der Waals surface area contributed by atoms with Crippen molar-refractivity contribution in [3.63, 3.8) is 0 Å². The summed E-state index contributed by atoms with van der Waals surface area (Å²) >= 11 is 0. The normalized spacial score (nSPS) is 7.38. The van der Waals surface area contributed by atoms with Gasteiger partial charge < -0.3 is 14.7 Å². The molecule has 0 saturated carbocycles. The molecule has 0 spiro atoms. The van der Waals surface area contributed by atoms with Crippen LogP contribution in [0.15, 0.2) is 0 Å². The predicted molar refractivity (Wildman–Crippen MR) is 14.3 cm³/mol. The fraction of sp³-hybridized carbons (Fsp3) is 0. The molecule has 0 aromatic heterocycles. The van der Waals surface area contributed by atoms with Crippen LogP contribution in [0.1, 0.15) is 0 Å². The molecule has 0 aromatic rings. The van der Waals surface area contributed by atoms with Crippen molar-refractivity contribution in [2.45, 2.75) is 0 Å². The first-order chi connectivity index (χ1) is 2.00. The van der Waals surface area contributed by atoms with E-state index >= 15 is 0 Å². The van der Waals surface area contributed by atoms with Gasteiger partial charge in [0.05, 0.1) is 0 Å². The van der Waals surface area contributed by atoms with E-state index in [4.69, 9.17) is 19.2 Å². The quantitative estimate of drug-likeness (QED) is 0.384. The van der Waals surface area contributed by atoms with Gasteiger partial charge in [0.25, 0.3) is 0 Å². The molecule has 0 aromatic carbocycles. The molecule has 0 saturated heterocycles. The predicted octanol–water partition coefficient (Wildman–Crippen LogP) is -0.936. The van der Waals surface area contributed by atoms with E-state index in [1.807, 2.05) is 0 Å². The molecule has 0 bridgehead atoms. The van der Waals surface area contributed by atoms with Crippen molar-refractivity contribution < 1.29 is 76.6 Å². The first-order valence-electron chi connectivity index (χ1n) is 0.783. The topological polar surface area (TPSA) is 77.8 Å². The molecule has 0 heterocycles. The minimum absolute atomic E-state index is 0. The third-order valence-corrected chi connectivity index (χ3v) is 0. The van der Waals surface area contributed by atoms with Gasteiger partial charge in [-0.1, -0.05) is 0 Å². The zero-order valence-corrected chi connectivity index (χ0v) is 8.56. The van der Waals surface area contributed by atoms with E-state index in [0.717, 1.165) is 0 Å². The van der Waals surface area contributed by atoms with Crippen LogP contribution in [0, 0.1) is 0 Å². The van der Waals surface area contributed by atoms with E-state index in [-0.39, 0.29) is 57.3 Å². The minimum Gasteiger partial charge on any atom is -0.303 e. The first-order valence-corrected chi connectivity index (χ1v) is 2.35. The molecule has 0 fully saturated rings. The van der Waals surface area contributed by atoms with Gasteiger partial charge in [-0.05, 0) is 0 Å². The van der Waals surface area contributed by atoms with Gasteiger partial charge in [0.1, 0.15) is 0 Å². The Labute approximate surface area is 83.9 Å². The first kappa shape index (κ1) is 22.5. The van der Waals surface area contributed by atoms with Crippen molar-refractivity contribution in [2.24, 2.45) is 0 Å². The average molecular weight is 252 g/mol. The second-order valence-corrected chi connectivity index (χ2v) is 1.54. The van der Waals surface area contributed by atoms with Gasteiger partial charge in [0.15, 0.2) is 0 Å². The summed E-state index contributed by atoms with van der Waals surface area (Å²) in [6.07, 6.45) is 0. The van der Waals surface area contributed by atoms with Crippen LogP contribution in [-0.2, 0) is 61.9 Å². The van der Waals surface area contributed by atoms with Crippen molar-refractivity contribution in [1.82, 2.24) is 0 Å². The largest absolute Gasteiger partial charge is 0.466 e. The molecule has 2 radical (unpaired) electrons. The summed E-state index contributed by atoms with van der Waals surface area (Å²) in [5.74, 6) is 0. The van der Waals surface area contributed by atoms with Crippen LogP contribution < -0.4 is 0 Å². The molecule has 0 unspecified atom stereocenters. The molecule has 8 heteroatoms. The summed E-state index contributed by atoms with van der Waals surface area (Å²) in [7, 11) is -4.64. The summed E-state index contributed by atoms with van der Waals surface area (Å²) in [6, 6.07) is 0. The number of hydrogen-bond donors (Lipinski definition) is 3. The van der Waals surface area contributed by atoms with Crippen LogP contribution >= 0.6 is 7.82 Å². The summed E-state index contributed by atoms with van der Waals surface area (Å²) in [4.78, 5) is 21.6. The van der Waals surface area contributed by atoms with E-state index in [1.165, 1.54) is 0 Å². The molecule has 8 heavy (non-hydrogen) atoms. The number of hydrogen-bond acceptors (Lipinski definition) is 1. The van der Waals surface area contributed by atoms with Gasteiger partial charge in [0.2, 0.25) is 0 Å². The molecule has 3 N–H and O–H groups in total. The summed E-state index contributed by atoms with van der Waals surface area (Å²) in [5.41, 5.74) is 0. The average Bonchev–Trinajstić information content (AvgIpc) is 0.722. The Balaban J connectivity index is -0.0000000267. The summed E-state index contributed by atoms with van der Waals surface area (Å²) < 4.78 is 8.88. The van der Waals surface area contributed by atoms with E-state index in [9.17, 15) is 0 Å². The monoisotopic (exact) mass is 252 g/mol. The number of phosphoric acid groups is 1. The maximum absolute atomic E-state index is 8.88. The Bertz CT molecular complexity index is 62.2. The van der Waals surface area contributed by atoms with Crippen molar-refractivity contribution in [1.29, 1.82) is 0 Å². The second kappa shape index (κ2) is 8.93. The van der Waals surface area contributed by atoms with Crippen LogP contribution in [0.2, 0.25) is 0 Å². The van der Waals surface area contributed by atoms with Gasteiger partial charge in [-0.2, -0.15) is 0 Å². The Morgan fingerprint density at radius 1 is 1.12 bits per heavy atom. The minimum atomic E-state index is -4.64. The Hall–Kier alpha value is 1.93. The molecule has 0 aliphatic heterocycles. The zero-order chi connectivity index (χ0) is 4.50. The maximum atomic E-state index is 8.88. The molecule has 0 amide bonds. The van der Waals surface area contributed by atoms with Gasteiger partial charge in [-0.15, -0.1) is 0 Å². The van der Waals surface area contributed by atoms with Crippen LogP contribution in [0.25, 0.3) is 0 Å². The Kier molecular flexibility index (Phi) is 25.1. The third kappa shape index (κ3) is 102. The van der Waals surface area contributed by atoms with Crippen molar-refractivity contribution in [2.75, 3.05) is 0 Å². The van der Waals surface area contributed by atoms with Crippen molar-refractivity contribution in [3.8, 4) is 0 Å². The fourth-order valence-electron chi connectivity index (χ4n) is 0. The zero-order valence-electron chi connectivity index (χ0n) is 3.52. The van der Waals surface area contributed by atoms with Crippen molar-refractivity contribution >= 4 is 7.82 Å². The molecule has 0 aliphatic rings. The van der Waals surface area contributed by atoms with Gasteiger partial charge in [-0.25, -0.2) is 4.57 Å². The van der Waals surface area contributed by atoms with Gasteiger partial charge in [-0.3, -0.25) is 0 Å². The van der Waals surface area contributed by atoms with E-state index in [0.29, 0.717) is 0 Å². The smallest absolute Gasteiger partial charge is 0.303 e. The van der Waals surface area contributed by atoms with Gasteiger partial charge >= 0.3 is 7.82 Å². The van der Waals surface area contributed by atoms with Crippen LogP contribution in [0.3, 0.4) is 0 Å². The van der Waals surface area contributed by atoms with Crippen molar-refractivity contribution in [3.05, 3.63) is 0 Å². The van der Waals surface area contributed by atoms with E-state index < -0.39 is 7.82 Å². The third-order valence-electron chi connectivity index (χ3n) is 0. The standard InChI is InChI=1S/Mn.H3O4P.Ti.V/c;1-5(2,3)4;;/h;(H3,1,2,3,4);;. The molecule has 4 nitrogen and oxygen atoms in total. The molecule has 48 valence electrons. The fourth-order valence-corrected chi connectivity index (χ4v) is 0. The van der Waals surface area contributed by atoms with E-state index in [2.05, 4.69) is 0 Å². The molecule has 0 aliphatic carbocycles. The van der Waals surface area contributed by atoms with Crippen LogP contribution in [0.4, 0.5) is 0 Å². The Morgan fingerprint density at radius 2 is 1.12 bits per heavy atom. The SMILES string of the molecule is O=P(O)(O)O.[Mn].[Ti].[V]. The molecular formula is H3MnO4PTiV. The summed E-state index contributed by atoms with van der Waals surface area (Å²) in [5, 5.41) is 0. The Morgan fingerprint density at radius 3 is 1.12 bits per heavy atom. The van der Waals surface area contributed by atoms with Crippen LogP contribution in [-0.4, -0.2) is 14.7 Å². The molecule has 0 atom stereocenters. The maximum Gasteiger partial charge on any atom is 0.466 e. The molecule has 0 rings (SSSR count). The second-order valence-electron chi connectivity index (χ2n) is 0.513. The summed E-state index contributed by atoms with van der Waals surface area (Å²) in [6.45, 7) is 0. The van der Waals surface area contributed by atoms with Crippen LogP contribution in [0.5, 0.6) is 0 Å². The number of rotatable bonds is 0. The van der Waals surface area contributed by atoms with Gasteiger partial charge in [0, 0.05) is 57.3 Å². The molecular weight excluding hydrogens is 249 g/mol. The van der Waals surface area contributed by atoms with E-state index in [1.54, 1.807) is 0 Å².